The summed E-state index contributed by atoms with van der Waals surface area (Å²) in [6, 6.07) is 15.3. The predicted molar refractivity (Wildman–Crippen MR) is 98.3 cm³/mol. The van der Waals surface area contributed by atoms with Crippen LogP contribution in [0.3, 0.4) is 0 Å². The maximum absolute atomic E-state index is 11.8. The van der Waals surface area contributed by atoms with Crippen LogP contribution in [0.4, 0.5) is 5.69 Å². The number of nitrogens with one attached hydrogen (secondary N) is 1. The number of hydrogen-bond acceptors (Lipinski definition) is 4. The Bertz CT molecular complexity index is 900. The molecule has 1 atom stereocenters. The molecule has 4 N–H and O–H groups in total. The Morgan fingerprint density at radius 2 is 1.84 bits per heavy atom. The second-order valence-corrected chi connectivity index (χ2v) is 5.93. The minimum atomic E-state index is -0.665. The first-order chi connectivity index (χ1) is 12.0. The number of carbonyl (C=O) groups excluding carboxylic acids is 1. The third kappa shape index (κ3) is 3.89. The van der Waals surface area contributed by atoms with Gasteiger partial charge in [0.25, 0.3) is 0 Å². The third-order valence-corrected chi connectivity index (χ3v) is 4.05. The molecule has 0 aliphatic heterocycles. The summed E-state index contributed by atoms with van der Waals surface area (Å²) < 4.78 is 0. The van der Waals surface area contributed by atoms with Gasteiger partial charge in [0.1, 0.15) is 11.8 Å². The second kappa shape index (κ2) is 7.23. The largest absolute Gasteiger partial charge is 0.506 e. The SMILES string of the molecule is NC(=O)[C@@H](Nc1cncc(-c2ccc(O)c(Cl)c2)c1)c1ccccc1. The van der Waals surface area contributed by atoms with Crippen molar-refractivity contribution in [3.8, 4) is 16.9 Å². The lowest BCUT2D eigenvalue weighted by Crippen LogP contribution is -2.27. The van der Waals surface area contributed by atoms with Crippen molar-refractivity contribution in [3.63, 3.8) is 0 Å². The number of nitrogens with two attached hydrogens (primary N) is 1. The number of nitrogens with zero attached hydrogens (tertiary/aromatic N) is 1. The van der Waals surface area contributed by atoms with E-state index in [0.717, 1.165) is 16.7 Å². The van der Waals surface area contributed by atoms with E-state index in [4.69, 9.17) is 17.3 Å². The number of aromatic hydroxyl groups is 1. The molecule has 126 valence electrons. The van der Waals surface area contributed by atoms with Crippen LogP contribution in [0.1, 0.15) is 11.6 Å². The van der Waals surface area contributed by atoms with E-state index in [1.807, 2.05) is 36.4 Å². The summed E-state index contributed by atoms with van der Waals surface area (Å²) in [4.78, 5) is 16.0. The zero-order chi connectivity index (χ0) is 17.8. The van der Waals surface area contributed by atoms with Crippen molar-refractivity contribution in [2.45, 2.75) is 6.04 Å². The van der Waals surface area contributed by atoms with Gasteiger partial charge < -0.3 is 16.2 Å². The number of hydrogen-bond donors (Lipinski definition) is 3. The molecule has 3 rings (SSSR count). The van der Waals surface area contributed by atoms with Crippen molar-refractivity contribution in [3.05, 3.63) is 77.6 Å². The molecule has 0 saturated heterocycles. The maximum Gasteiger partial charge on any atom is 0.244 e. The number of amides is 1. The number of phenols is 1. The van der Waals surface area contributed by atoms with Crippen LogP contribution in [0.2, 0.25) is 5.02 Å². The number of primary amides is 1. The first kappa shape index (κ1) is 16.8. The van der Waals surface area contributed by atoms with Crippen LogP contribution in [-0.4, -0.2) is 16.0 Å². The smallest absolute Gasteiger partial charge is 0.244 e. The van der Waals surface area contributed by atoms with E-state index in [2.05, 4.69) is 10.3 Å². The molecular weight excluding hydrogens is 338 g/mol. The zero-order valence-electron chi connectivity index (χ0n) is 13.2. The van der Waals surface area contributed by atoms with Gasteiger partial charge in [-0.05, 0) is 29.3 Å². The average Bonchev–Trinajstić information content (AvgIpc) is 2.63. The van der Waals surface area contributed by atoms with Crippen molar-refractivity contribution in [1.29, 1.82) is 0 Å². The molecule has 6 heteroatoms. The lowest BCUT2D eigenvalue weighted by molar-refractivity contribution is -0.118. The molecule has 0 unspecified atom stereocenters. The number of benzene rings is 2. The number of aromatic nitrogens is 1. The Hall–Kier alpha value is -3.05. The molecule has 0 radical (unpaired) electrons. The van der Waals surface area contributed by atoms with Gasteiger partial charge in [0, 0.05) is 11.8 Å². The van der Waals surface area contributed by atoms with Crippen LogP contribution >= 0.6 is 11.6 Å². The second-order valence-electron chi connectivity index (χ2n) is 5.52. The Kier molecular flexibility index (Phi) is 4.86. The van der Waals surface area contributed by atoms with Crippen LogP contribution in [0, 0.1) is 0 Å². The van der Waals surface area contributed by atoms with Crippen molar-refractivity contribution in [1.82, 2.24) is 4.98 Å². The molecule has 0 spiro atoms. The van der Waals surface area contributed by atoms with Gasteiger partial charge in [-0.1, -0.05) is 48.0 Å². The Morgan fingerprint density at radius 3 is 2.52 bits per heavy atom. The fraction of sp³-hybridized carbons (Fsp3) is 0.0526. The van der Waals surface area contributed by atoms with Crippen LogP contribution in [0.15, 0.2) is 67.0 Å². The van der Waals surface area contributed by atoms with Gasteiger partial charge >= 0.3 is 0 Å². The predicted octanol–water partition coefficient (Wildman–Crippen LogP) is 3.75. The highest BCUT2D eigenvalue weighted by atomic mass is 35.5. The minimum Gasteiger partial charge on any atom is -0.506 e. The zero-order valence-corrected chi connectivity index (χ0v) is 13.9. The first-order valence-electron chi connectivity index (χ1n) is 7.59. The highest BCUT2D eigenvalue weighted by Gasteiger charge is 2.17. The van der Waals surface area contributed by atoms with E-state index in [-0.39, 0.29) is 10.8 Å². The lowest BCUT2D eigenvalue weighted by atomic mass is 10.0. The van der Waals surface area contributed by atoms with Crippen molar-refractivity contribution in [2.24, 2.45) is 5.73 Å². The molecule has 2 aromatic carbocycles. The molecule has 0 saturated carbocycles. The van der Waals surface area contributed by atoms with Crippen LogP contribution < -0.4 is 11.1 Å². The fourth-order valence-corrected chi connectivity index (χ4v) is 2.67. The summed E-state index contributed by atoms with van der Waals surface area (Å²) in [5.41, 5.74) is 8.55. The van der Waals surface area contributed by atoms with E-state index in [0.29, 0.717) is 5.69 Å². The summed E-state index contributed by atoms with van der Waals surface area (Å²) in [6.07, 6.45) is 3.29. The number of anilines is 1. The van der Waals surface area contributed by atoms with Gasteiger partial charge in [-0.25, -0.2) is 0 Å². The topological polar surface area (TPSA) is 88.2 Å². The van der Waals surface area contributed by atoms with Gasteiger partial charge in [0.2, 0.25) is 5.91 Å². The molecule has 0 fully saturated rings. The summed E-state index contributed by atoms with van der Waals surface area (Å²) in [5, 5.41) is 12.9. The van der Waals surface area contributed by atoms with E-state index in [1.165, 1.54) is 6.07 Å². The molecule has 1 amide bonds. The molecular formula is C19H16ClN3O2. The number of rotatable bonds is 5. The normalized spacial score (nSPS) is 11.7. The van der Waals surface area contributed by atoms with Gasteiger partial charge in [0.05, 0.1) is 16.9 Å². The maximum atomic E-state index is 11.8. The summed E-state index contributed by atoms with van der Waals surface area (Å²) in [7, 11) is 0. The molecule has 0 aliphatic carbocycles. The number of pyridine rings is 1. The van der Waals surface area contributed by atoms with Gasteiger partial charge in [-0.3, -0.25) is 9.78 Å². The lowest BCUT2D eigenvalue weighted by Gasteiger charge is -2.17. The summed E-state index contributed by atoms with van der Waals surface area (Å²) in [6.45, 7) is 0. The van der Waals surface area contributed by atoms with E-state index in [1.54, 1.807) is 24.5 Å². The molecule has 1 heterocycles. The summed E-state index contributed by atoms with van der Waals surface area (Å²) >= 11 is 5.96. The highest BCUT2D eigenvalue weighted by Crippen LogP contribution is 2.30. The van der Waals surface area contributed by atoms with Crippen molar-refractivity contribution in [2.75, 3.05) is 5.32 Å². The van der Waals surface area contributed by atoms with E-state index in [9.17, 15) is 9.90 Å². The molecule has 0 bridgehead atoms. The highest BCUT2D eigenvalue weighted by molar-refractivity contribution is 6.32. The van der Waals surface area contributed by atoms with Crippen LogP contribution in [-0.2, 0) is 4.79 Å². The number of carbonyl (C=O) groups is 1. The molecule has 0 aliphatic rings. The average molecular weight is 354 g/mol. The van der Waals surface area contributed by atoms with Gasteiger partial charge in [-0.2, -0.15) is 0 Å². The Balaban J connectivity index is 1.90. The Morgan fingerprint density at radius 1 is 1.08 bits per heavy atom. The standard InChI is InChI=1S/C19H16ClN3O2/c20-16-9-13(6-7-17(16)24)14-8-15(11-22-10-14)23-18(19(21)25)12-4-2-1-3-5-12/h1-11,18,23-24H,(H2,21,25)/t18-/m0/s1. The van der Waals surface area contributed by atoms with Crippen LogP contribution in [0.5, 0.6) is 5.75 Å². The van der Waals surface area contributed by atoms with Crippen molar-refractivity contribution >= 4 is 23.2 Å². The first-order valence-corrected chi connectivity index (χ1v) is 7.97. The fourth-order valence-electron chi connectivity index (χ4n) is 2.49. The quantitative estimate of drug-likeness (QED) is 0.651. The number of halogens is 1. The minimum absolute atomic E-state index is 0.0190. The van der Waals surface area contributed by atoms with Crippen molar-refractivity contribution < 1.29 is 9.90 Å². The third-order valence-electron chi connectivity index (χ3n) is 3.75. The number of phenolic OH excluding ortho intramolecular Hbond substituents is 1. The van der Waals surface area contributed by atoms with E-state index >= 15 is 0 Å². The molecule has 5 nitrogen and oxygen atoms in total. The monoisotopic (exact) mass is 353 g/mol. The van der Waals surface area contributed by atoms with Crippen LogP contribution in [0.25, 0.3) is 11.1 Å². The molecule has 1 aromatic heterocycles. The summed E-state index contributed by atoms with van der Waals surface area (Å²) in [5.74, 6) is -0.463. The van der Waals surface area contributed by atoms with Gasteiger partial charge in [0.15, 0.2) is 0 Å². The molecule has 3 aromatic rings. The Labute approximate surface area is 150 Å². The van der Waals surface area contributed by atoms with Gasteiger partial charge in [-0.15, -0.1) is 0 Å². The van der Waals surface area contributed by atoms with E-state index < -0.39 is 11.9 Å². The molecule has 25 heavy (non-hydrogen) atoms.